The van der Waals surface area contributed by atoms with Crippen molar-refractivity contribution in [2.75, 3.05) is 13.1 Å². The SMILES string of the molecule is OC(CNCCC1CCC1)CC1CCCC1. The van der Waals surface area contributed by atoms with Gasteiger partial charge in [0.25, 0.3) is 0 Å². The van der Waals surface area contributed by atoms with Crippen LogP contribution in [0.4, 0.5) is 0 Å². The topological polar surface area (TPSA) is 32.3 Å². The maximum atomic E-state index is 9.88. The van der Waals surface area contributed by atoms with Gasteiger partial charge in [0.15, 0.2) is 0 Å². The molecule has 2 fully saturated rings. The predicted octanol–water partition coefficient (Wildman–Crippen LogP) is 2.71. The highest BCUT2D eigenvalue weighted by Crippen LogP contribution is 2.29. The van der Waals surface area contributed by atoms with Gasteiger partial charge in [0, 0.05) is 6.54 Å². The molecule has 2 aliphatic rings. The third-order valence-corrected chi connectivity index (χ3v) is 4.41. The molecule has 1 unspecified atom stereocenters. The highest BCUT2D eigenvalue weighted by molar-refractivity contribution is 4.73. The van der Waals surface area contributed by atoms with Gasteiger partial charge in [-0.1, -0.05) is 44.9 Å². The molecule has 2 nitrogen and oxygen atoms in total. The quantitative estimate of drug-likeness (QED) is 0.653. The monoisotopic (exact) mass is 225 g/mol. The van der Waals surface area contributed by atoms with Gasteiger partial charge in [0.1, 0.15) is 0 Å². The van der Waals surface area contributed by atoms with Crippen LogP contribution in [-0.4, -0.2) is 24.3 Å². The van der Waals surface area contributed by atoms with Crippen LogP contribution in [0.5, 0.6) is 0 Å². The fourth-order valence-electron chi connectivity index (χ4n) is 3.07. The van der Waals surface area contributed by atoms with Crippen LogP contribution < -0.4 is 5.32 Å². The molecule has 2 N–H and O–H groups in total. The number of hydrogen-bond acceptors (Lipinski definition) is 2. The minimum Gasteiger partial charge on any atom is -0.392 e. The van der Waals surface area contributed by atoms with Gasteiger partial charge in [-0.15, -0.1) is 0 Å². The summed E-state index contributed by atoms with van der Waals surface area (Å²) in [5.41, 5.74) is 0. The summed E-state index contributed by atoms with van der Waals surface area (Å²) in [4.78, 5) is 0. The molecule has 0 aromatic carbocycles. The first-order valence-corrected chi connectivity index (χ1v) is 7.23. The van der Waals surface area contributed by atoms with E-state index < -0.39 is 0 Å². The van der Waals surface area contributed by atoms with Gasteiger partial charge >= 0.3 is 0 Å². The average molecular weight is 225 g/mol. The van der Waals surface area contributed by atoms with Crippen molar-refractivity contribution in [1.29, 1.82) is 0 Å². The third-order valence-electron chi connectivity index (χ3n) is 4.41. The van der Waals surface area contributed by atoms with Crippen LogP contribution >= 0.6 is 0 Å². The number of hydrogen-bond donors (Lipinski definition) is 2. The van der Waals surface area contributed by atoms with Crippen molar-refractivity contribution in [3.8, 4) is 0 Å². The van der Waals surface area contributed by atoms with Gasteiger partial charge in [0.2, 0.25) is 0 Å². The molecular weight excluding hydrogens is 198 g/mol. The fourth-order valence-corrected chi connectivity index (χ4v) is 3.07. The number of rotatable bonds is 7. The largest absolute Gasteiger partial charge is 0.392 e. The molecule has 2 saturated carbocycles. The Kier molecular flexibility index (Phi) is 5.11. The van der Waals surface area contributed by atoms with Crippen LogP contribution in [0.3, 0.4) is 0 Å². The smallest absolute Gasteiger partial charge is 0.0667 e. The zero-order valence-electron chi connectivity index (χ0n) is 10.5. The lowest BCUT2D eigenvalue weighted by atomic mass is 9.83. The summed E-state index contributed by atoms with van der Waals surface area (Å²) in [6.45, 7) is 1.91. The zero-order chi connectivity index (χ0) is 11.2. The van der Waals surface area contributed by atoms with Gasteiger partial charge in [-0.25, -0.2) is 0 Å². The second-order valence-electron chi connectivity index (χ2n) is 5.83. The zero-order valence-corrected chi connectivity index (χ0v) is 10.5. The van der Waals surface area contributed by atoms with E-state index in [1.165, 1.54) is 51.4 Å². The van der Waals surface area contributed by atoms with E-state index >= 15 is 0 Å². The lowest BCUT2D eigenvalue weighted by molar-refractivity contribution is 0.139. The first-order valence-electron chi connectivity index (χ1n) is 7.23. The predicted molar refractivity (Wildman–Crippen MR) is 67.4 cm³/mol. The minimum atomic E-state index is -0.107. The van der Waals surface area contributed by atoms with E-state index in [9.17, 15) is 5.11 Å². The van der Waals surface area contributed by atoms with Gasteiger partial charge in [-0.2, -0.15) is 0 Å². The summed E-state index contributed by atoms with van der Waals surface area (Å²) in [6.07, 6.45) is 12.0. The molecule has 2 aliphatic carbocycles. The van der Waals surface area contributed by atoms with Crippen molar-refractivity contribution in [1.82, 2.24) is 5.32 Å². The molecule has 0 radical (unpaired) electrons. The Bertz CT molecular complexity index is 185. The molecular formula is C14H27NO. The lowest BCUT2D eigenvalue weighted by Crippen LogP contribution is -2.30. The van der Waals surface area contributed by atoms with Crippen LogP contribution in [0.2, 0.25) is 0 Å². The summed E-state index contributed by atoms with van der Waals surface area (Å²) in [5.74, 6) is 1.79. The molecule has 1 atom stereocenters. The molecule has 0 heterocycles. The van der Waals surface area contributed by atoms with Gasteiger partial charge in [-0.05, 0) is 31.2 Å². The molecule has 0 aliphatic heterocycles. The maximum absolute atomic E-state index is 9.88. The molecule has 0 amide bonds. The van der Waals surface area contributed by atoms with E-state index in [0.717, 1.165) is 31.3 Å². The van der Waals surface area contributed by atoms with E-state index in [1.54, 1.807) is 0 Å². The van der Waals surface area contributed by atoms with Crippen LogP contribution in [0, 0.1) is 11.8 Å². The van der Waals surface area contributed by atoms with Crippen LogP contribution in [0.15, 0.2) is 0 Å². The molecule has 2 rings (SSSR count). The minimum absolute atomic E-state index is 0.107. The first kappa shape index (κ1) is 12.4. The molecule has 0 aromatic rings. The Balaban J connectivity index is 1.44. The summed E-state index contributed by atoms with van der Waals surface area (Å²) >= 11 is 0. The molecule has 0 saturated heterocycles. The number of aliphatic hydroxyl groups is 1. The van der Waals surface area contributed by atoms with Crippen molar-refractivity contribution in [3.05, 3.63) is 0 Å². The Morgan fingerprint density at radius 3 is 2.31 bits per heavy atom. The second kappa shape index (κ2) is 6.61. The summed E-state index contributed by atoms with van der Waals surface area (Å²) < 4.78 is 0. The lowest BCUT2D eigenvalue weighted by Gasteiger charge is -2.25. The highest BCUT2D eigenvalue weighted by atomic mass is 16.3. The van der Waals surface area contributed by atoms with Crippen LogP contribution in [-0.2, 0) is 0 Å². The first-order chi connectivity index (χ1) is 7.84. The Labute approximate surface area is 99.8 Å². The van der Waals surface area contributed by atoms with E-state index in [0.29, 0.717) is 0 Å². The van der Waals surface area contributed by atoms with Crippen molar-refractivity contribution in [2.24, 2.45) is 11.8 Å². The van der Waals surface area contributed by atoms with E-state index in [1.807, 2.05) is 0 Å². The Hall–Kier alpha value is -0.0800. The van der Waals surface area contributed by atoms with E-state index in [-0.39, 0.29) is 6.10 Å². The average Bonchev–Trinajstić information content (AvgIpc) is 2.67. The van der Waals surface area contributed by atoms with Crippen molar-refractivity contribution >= 4 is 0 Å². The Morgan fingerprint density at radius 1 is 1.00 bits per heavy atom. The molecule has 0 bridgehead atoms. The molecule has 94 valence electrons. The fraction of sp³-hybridized carbons (Fsp3) is 1.00. The summed E-state index contributed by atoms with van der Waals surface area (Å²) in [7, 11) is 0. The van der Waals surface area contributed by atoms with E-state index in [2.05, 4.69) is 5.32 Å². The highest BCUT2D eigenvalue weighted by Gasteiger charge is 2.19. The van der Waals surface area contributed by atoms with Crippen molar-refractivity contribution < 1.29 is 5.11 Å². The number of aliphatic hydroxyl groups excluding tert-OH is 1. The van der Waals surface area contributed by atoms with Crippen LogP contribution in [0.25, 0.3) is 0 Å². The molecule has 0 aromatic heterocycles. The second-order valence-corrected chi connectivity index (χ2v) is 5.83. The molecule has 2 heteroatoms. The number of nitrogens with one attached hydrogen (secondary N) is 1. The summed E-state index contributed by atoms with van der Waals surface area (Å²) in [6, 6.07) is 0. The van der Waals surface area contributed by atoms with Gasteiger partial charge < -0.3 is 10.4 Å². The molecule has 16 heavy (non-hydrogen) atoms. The van der Waals surface area contributed by atoms with Crippen molar-refractivity contribution in [3.63, 3.8) is 0 Å². The van der Waals surface area contributed by atoms with Crippen molar-refractivity contribution in [2.45, 2.75) is 63.9 Å². The van der Waals surface area contributed by atoms with E-state index in [4.69, 9.17) is 0 Å². The van der Waals surface area contributed by atoms with Crippen LogP contribution in [0.1, 0.15) is 57.8 Å². The van der Waals surface area contributed by atoms with Gasteiger partial charge in [-0.3, -0.25) is 0 Å². The third kappa shape index (κ3) is 4.06. The van der Waals surface area contributed by atoms with Gasteiger partial charge in [0.05, 0.1) is 6.10 Å². The Morgan fingerprint density at radius 2 is 1.69 bits per heavy atom. The normalized spacial score (nSPS) is 24.6. The summed E-state index contributed by atoms with van der Waals surface area (Å²) in [5, 5.41) is 13.3. The maximum Gasteiger partial charge on any atom is 0.0667 e. The standard InChI is InChI=1S/C14H27NO/c16-14(10-13-4-1-2-5-13)11-15-9-8-12-6-3-7-12/h12-16H,1-11H2. The molecule has 0 spiro atoms.